The molecule has 0 aromatic heterocycles. The molecule has 0 bridgehead atoms. The minimum Gasteiger partial charge on any atom is -0.497 e. The van der Waals surface area contributed by atoms with Gasteiger partial charge in [-0.05, 0) is 49.2 Å². The van der Waals surface area contributed by atoms with E-state index in [0.717, 1.165) is 11.3 Å². The van der Waals surface area contributed by atoms with E-state index in [1.165, 1.54) is 0 Å². The zero-order valence-corrected chi connectivity index (χ0v) is 15.2. The number of rotatable bonds is 8. The second-order valence-electron chi connectivity index (χ2n) is 5.66. The van der Waals surface area contributed by atoms with Crippen LogP contribution in [0.5, 0.6) is 11.5 Å². The summed E-state index contributed by atoms with van der Waals surface area (Å²) in [6, 6.07) is 14.4. The SMILES string of the molecule is COc1ccc(NC(=O)[C@H](C)OC(=O)CCc2ccccc2OC)cc1. The third kappa shape index (κ3) is 5.51. The molecule has 0 aliphatic rings. The predicted octanol–water partition coefficient (Wildman–Crippen LogP) is 3.21. The van der Waals surface area contributed by atoms with E-state index < -0.39 is 12.1 Å². The summed E-state index contributed by atoms with van der Waals surface area (Å²) in [7, 11) is 3.16. The summed E-state index contributed by atoms with van der Waals surface area (Å²) in [6.45, 7) is 1.54. The quantitative estimate of drug-likeness (QED) is 0.735. The number of benzene rings is 2. The number of amides is 1. The molecule has 138 valence electrons. The van der Waals surface area contributed by atoms with Gasteiger partial charge in [0.2, 0.25) is 0 Å². The van der Waals surface area contributed by atoms with Gasteiger partial charge in [-0.3, -0.25) is 9.59 Å². The monoisotopic (exact) mass is 357 g/mol. The molecule has 2 aromatic rings. The van der Waals surface area contributed by atoms with Crippen molar-refractivity contribution in [3.63, 3.8) is 0 Å². The maximum absolute atomic E-state index is 12.1. The Kier molecular flexibility index (Phi) is 7.02. The number of carbonyl (C=O) groups is 2. The van der Waals surface area contributed by atoms with Crippen molar-refractivity contribution < 1.29 is 23.8 Å². The van der Waals surface area contributed by atoms with Crippen molar-refractivity contribution in [3.8, 4) is 11.5 Å². The fourth-order valence-corrected chi connectivity index (χ4v) is 2.37. The Morgan fingerprint density at radius 2 is 1.69 bits per heavy atom. The molecule has 2 aromatic carbocycles. The first-order valence-electron chi connectivity index (χ1n) is 8.29. The third-order valence-corrected chi connectivity index (χ3v) is 3.83. The van der Waals surface area contributed by atoms with Crippen LogP contribution in [0.25, 0.3) is 0 Å². The Hall–Kier alpha value is -3.02. The number of carbonyl (C=O) groups excluding carboxylic acids is 2. The van der Waals surface area contributed by atoms with Crippen LogP contribution in [0.1, 0.15) is 18.9 Å². The Labute approximate surface area is 153 Å². The molecule has 0 radical (unpaired) electrons. The van der Waals surface area contributed by atoms with Gasteiger partial charge in [-0.15, -0.1) is 0 Å². The number of para-hydroxylation sites is 1. The largest absolute Gasteiger partial charge is 0.497 e. The highest BCUT2D eigenvalue weighted by Crippen LogP contribution is 2.19. The molecule has 0 spiro atoms. The predicted molar refractivity (Wildman–Crippen MR) is 98.5 cm³/mol. The molecule has 1 N–H and O–H groups in total. The van der Waals surface area contributed by atoms with Gasteiger partial charge >= 0.3 is 5.97 Å². The lowest BCUT2D eigenvalue weighted by Gasteiger charge is -2.14. The third-order valence-electron chi connectivity index (χ3n) is 3.83. The molecule has 26 heavy (non-hydrogen) atoms. The van der Waals surface area contributed by atoms with Crippen LogP contribution < -0.4 is 14.8 Å². The van der Waals surface area contributed by atoms with Crippen molar-refractivity contribution in [2.75, 3.05) is 19.5 Å². The van der Waals surface area contributed by atoms with Gasteiger partial charge in [0.1, 0.15) is 11.5 Å². The van der Waals surface area contributed by atoms with Gasteiger partial charge in [-0.1, -0.05) is 18.2 Å². The first kappa shape index (κ1) is 19.3. The van der Waals surface area contributed by atoms with Crippen LogP contribution in [0, 0.1) is 0 Å². The molecule has 6 heteroatoms. The minimum atomic E-state index is -0.887. The summed E-state index contributed by atoms with van der Waals surface area (Å²) in [5.41, 5.74) is 1.52. The average molecular weight is 357 g/mol. The number of methoxy groups -OCH3 is 2. The van der Waals surface area contributed by atoms with E-state index in [-0.39, 0.29) is 12.3 Å². The highest BCUT2D eigenvalue weighted by Gasteiger charge is 2.18. The van der Waals surface area contributed by atoms with Crippen molar-refractivity contribution in [2.45, 2.75) is 25.9 Å². The van der Waals surface area contributed by atoms with Crippen molar-refractivity contribution >= 4 is 17.6 Å². The van der Waals surface area contributed by atoms with Crippen LogP contribution in [0.15, 0.2) is 48.5 Å². The second kappa shape index (κ2) is 9.46. The second-order valence-corrected chi connectivity index (χ2v) is 5.66. The fraction of sp³-hybridized carbons (Fsp3) is 0.300. The van der Waals surface area contributed by atoms with Gasteiger partial charge in [0.25, 0.3) is 5.91 Å². The van der Waals surface area contributed by atoms with Gasteiger partial charge in [0.15, 0.2) is 6.10 Å². The summed E-state index contributed by atoms with van der Waals surface area (Å²) in [6.07, 6.45) is -0.238. The van der Waals surface area contributed by atoms with Crippen LogP contribution >= 0.6 is 0 Å². The van der Waals surface area contributed by atoms with E-state index in [2.05, 4.69) is 5.32 Å². The minimum absolute atomic E-state index is 0.167. The van der Waals surface area contributed by atoms with Crippen LogP contribution in [0.2, 0.25) is 0 Å². The first-order chi connectivity index (χ1) is 12.5. The number of esters is 1. The molecule has 2 rings (SSSR count). The molecule has 0 aliphatic carbocycles. The van der Waals surface area contributed by atoms with Gasteiger partial charge < -0.3 is 19.5 Å². The molecule has 1 atom stereocenters. The molecule has 0 saturated carbocycles. The lowest BCUT2D eigenvalue weighted by Crippen LogP contribution is -2.30. The lowest BCUT2D eigenvalue weighted by molar-refractivity contribution is -0.153. The van der Waals surface area contributed by atoms with E-state index in [4.69, 9.17) is 14.2 Å². The number of anilines is 1. The number of nitrogens with one attached hydrogen (secondary N) is 1. The van der Waals surface area contributed by atoms with E-state index in [0.29, 0.717) is 17.9 Å². The summed E-state index contributed by atoms with van der Waals surface area (Å²) >= 11 is 0. The highest BCUT2D eigenvalue weighted by molar-refractivity contribution is 5.95. The summed E-state index contributed by atoms with van der Waals surface area (Å²) in [5, 5.41) is 2.70. The van der Waals surface area contributed by atoms with Crippen LogP contribution in [-0.2, 0) is 20.7 Å². The molecule has 0 aliphatic heterocycles. The first-order valence-corrected chi connectivity index (χ1v) is 8.29. The van der Waals surface area contributed by atoms with Crippen molar-refractivity contribution in [1.82, 2.24) is 0 Å². The molecule has 0 saturated heterocycles. The number of aryl methyl sites for hydroxylation is 1. The smallest absolute Gasteiger partial charge is 0.306 e. The zero-order chi connectivity index (χ0) is 18.9. The average Bonchev–Trinajstić information content (AvgIpc) is 2.67. The topological polar surface area (TPSA) is 73.9 Å². The summed E-state index contributed by atoms with van der Waals surface area (Å²) < 4.78 is 15.5. The Balaban J connectivity index is 1.82. The van der Waals surface area contributed by atoms with Gasteiger partial charge in [-0.2, -0.15) is 0 Å². The van der Waals surface area contributed by atoms with Crippen LogP contribution in [0.4, 0.5) is 5.69 Å². The molecule has 6 nitrogen and oxygen atoms in total. The van der Waals surface area contributed by atoms with Crippen molar-refractivity contribution in [1.29, 1.82) is 0 Å². The Morgan fingerprint density at radius 1 is 1.00 bits per heavy atom. The molecule has 0 fully saturated rings. The number of ether oxygens (including phenoxy) is 3. The van der Waals surface area contributed by atoms with Crippen LogP contribution in [0.3, 0.4) is 0 Å². The van der Waals surface area contributed by atoms with Gasteiger partial charge in [0, 0.05) is 12.1 Å². The van der Waals surface area contributed by atoms with Crippen LogP contribution in [-0.4, -0.2) is 32.2 Å². The summed E-state index contributed by atoms with van der Waals surface area (Å²) in [5.74, 6) is 0.596. The van der Waals surface area contributed by atoms with Gasteiger partial charge in [0.05, 0.1) is 14.2 Å². The molecule has 0 unspecified atom stereocenters. The molecular formula is C20H23NO5. The molecule has 0 heterocycles. The standard InChI is InChI=1S/C20H23NO5/c1-14(20(23)21-16-9-11-17(24-2)12-10-16)26-19(22)13-8-15-6-4-5-7-18(15)25-3/h4-7,9-12,14H,8,13H2,1-3H3,(H,21,23)/t14-/m0/s1. The van der Waals surface area contributed by atoms with E-state index in [1.807, 2.05) is 24.3 Å². The van der Waals surface area contributed by atoms with Crippen molar-refractivity contribution in [3.05, 3.63) is 54.1 Å². The normalized spacial score (nSPS) is 11.3. The van der Waals surface area contributed by atoms with E-state index >= 15 is 0 Å². The highest BCUT2D eigenvalue weighted by atomic mass is 16.5. The van der Waals surface area contributed by atoms with E-state index in [9.17, 15) is 9.59 Å². The summed E-state index contributed by atoms with van der Waals surface area (Å²) in [4.78, 5) is 24.1. The molecular weight excluding hydrogens is 334 g/mol. The number of hydrogen-bond donors (Lipinski definition) is 1. The van der Waals surface area contributed by atoms with Crippen molar-refractivity contribution in [2.24, 2.45) is 0 Å². The fourth-order valence-electron chi connectivity index (χ4n) is 2.37. The molecule has 1 amide bonds. The lowest BCUT2D eigenvalue weighted by atomic mass is 10.1. The maximum Gasteiger partial charge on any atom is 0.306 e. The van der Waals surface area contributed by atoms with Gasteiger partial charge in [-0.25, -0.2) is 0 Å². The zero-order valence-electron chi connectivity index (χ0n) is 15.2. The Morgan fingerprint density at radius 3 is 2.35 bits per heavy atom. The maximum atomic E-state index is 12.1. The number of hydrogen-bond acceptors (Lipinski definition) is 5. The Bertz CT molecular complexity index is 742. The van der Waals surface area contributed by atoms with E-state index in [1.54, 1.807) is 45.4 Å².